The van der Waals surface area contributed by atoms with Crippen molar-refractivity contribution in [3.8, 4) is 0 Å². The Kier molecular flexibility index (Phi) is 5.03. The van der Waals surface area contributed by atoms with E-state index in [1.807, 2.05) is 11.4 Å². The third kappa shape index (κ3) is 3.32. The molecule has 0 saturated heterocycles. The molecule has 1 aromatic heterocycles. The normalized spacial score (nSPS) is 10.3. The number of ether oxygens (including phenoxy) is 1. The summed E-state index contributed by atoms with van der Waals surface area (Å²) in [4.78, 5) is 13.1. The lowest BCUT2D eigenvalue weighted by Gasteiger charge is -2.13. The smallest absolute Gasteiger partial charge is 0.340 e. The van der Waals surface area contributed by atoms with Gasteiger partial charge >= 0.3 is 5.97 Å². The third-order valence-electron chi connectivity index (χ3n) is 2.71. The van der Waals surface area contributed by atoms with Crippen LogP contribution in [-0.4, -0.2) is 12.6 Å². The Morgan fingerprint density at radius 3 is 2.90 bits per heavy atom. The zero-order chi connectivity index (χ0) is 14.5. The topological polar surface area (TPSA) is 64.3 Å². The number of para-hydroxylation sites is 1. The fraction of sp³-hybridized carbons (Fsp3) is 0.214. The van der Waals surface area contributed by atoms with Crippen LogP contribution in [0.1, 0.15) is 22.2 Å². The summed E-state index contributed by atoms with van der Waals surface area (Å²) in [6, 6.07) is 7.20. The van der Waals surface area contributed by atoms with E-state index in [9.17, 15) is 4.79 Å². The van der Waals surface area contributed by atoms with Gasteiger partial charge in [0, 0.05) is 9.35 Å². The fourth-order valence-corrected chi connectivity index (χ4v) is 3.20. The van der Waals surface area contributed by atoms with Gasteiger partial charge in [-0.3, -0.25) is 0 Å². The highest BCUT2D eigenvalue weighted by molar-refractivity contribution is 9.10. The molecule has 2 rings (SSSR count). The van der Waals surface area contributed by atoms with Crippen molar-refractivity contribution in [3.05, 3.63) is 44.6 Å². The van der Waals surface area contributed by atoms with Gasteiger partial charge in [-0.1, -0.05) is 6.07 Å². The highest BCUT2D eigenvalue weighted by atomic mass is 79.9. The Morgan fingerprint density at radius 2 is 2.25 bits per heavy atom. The summed E-state index contributed by atoms with van der Waals surface area (Å²) in [6.07, 6.45) is 0. The van der Waals surface area contributed by atoms with Crippen LogP contribution >= 0.6 is 27.3 Å². The minimum atomic E-state index is -0.368. The number of carbonyl (C=O) groups excluding carboxylic acids is 1. The summed E-state index contributed by atoms with van der Waals surface area (Å²) in [5.41, 5.74) is 7.56. The predicted octanol–water partition coefficient (Wildman–Crippen LogP) is 3.88. The molecule has 0 aliphatic heterocycles. The van der Waals surface area contributed by atoms with Crippen molar-refractivity contribution >= 4 is 44.6 Å². The second kappa shape index (κ2) is 6.76. The van der Waals surface area contributed by atoms with Gasteiger partial charge in [-0.15, -0.1) is 11.3 Å². The standard InChI is InChI=1S/C14H15BrN2O2S/c1-2-19-14(18)9-4-3-5-11(16)13(9)17-8-12-10(15)6-7-20-12/h3-7,17H,2,8,16H2,1H3. The average molecular weight is 355 g/mol. The first-order valence-electron chi connectivity index (χ1n) is 6.14. The maximum absolute atomic E-state index is 11.9. The molecule has 1 aromatic carbocycles. The Morgan fingerprint density at radius 1 is 1.45 bits per heavy atom. The first kappa shape index (κ1) is 14.9. The highest BCUT2D eigenvalue weighted by Gasteiger charge is 2.15. The summed E-state index contributed by atoms with van der Waals surface area (Å²) in [7, 11) is 0. The van der Waals surface area contributed by atoms with Crippen LogP contribution in [0.2, 0.25) is 0 Å². The second-order valence-electron chi connectivity index (χ2n) is 4.04. The fourth-order valence-electron chi connectivity index (χ4n) is 1.77. The lowest BCUT2D eigenvalue weighted by molar-refractivity contribution is 0.0527. The van der Waals surface area contributed by atoms with Crippen LogP contribution in [0.25, 0.3) is 0 Å². The van der Waals surface area contributed by atoms with Gasteiger partial charge in [0.15, 0.2) is 0 Å². The van der Waals surface area contributed by atoms with E-state index in [4.69, 9.17) is 10.5 Å². The summed E-state index contributed by atoms with van der Waals surface area (Å²) >= 11 is 5.11. The molecule has 0 spiro atoms. The van der Waals surface area contributed by atoms with Crippen LogP contribution in [0.3, 0.4) is 0 Å². The van der Waals surface area contributed by atoms with Crippen LogP contribution in [0.15, 0.2) is 34.1 Å². The zero-order valence-electron chi connectivity index (χ0n) is 11.0. The summed E-state index contributed by atoms with van der Waals surface area (Å²) in [5.74, 6) is -0.368. The van der Waals surface area contributed by atoms with Crippen LogP contribution < -0.4 is 11.1 Å². The Bertz CT molecular complexity index is 613. The van der Waals surface area contributed by atoms with Gasteiger partial charge in [0.1, 0.15) is 0 Å². The van der Waals surface area contributed by atoms with Gasteiger partial charge in [-0.05, 0) is 46.4 Å². The van der Waals surface area contributed by atoms with E-state index in [1.165, 1.54) is 0 Å². The number of nitrogens with two attached hydrogens (primary N) is 1. The molecule has 4 nitrogen and oxygen atoms in total. The summed E-state index contributed by atoms with van der Waals surface area (Å²) in [5, 5.41) is 5.22. The van der Waals surface area contributed by atoms with Crippen molar-refractivity contribution in [1.29, 1.82) is 0 Å². The number of hydrogen-bond acceptors (Lipinski definition) is 5. The van der Waals surface area contributed by atoms with Gasteiger partial charge in [0.05, 0.1) is 30.1 Å². The van der Waals surface area contributed by atoms with E-state index in [0.717, 1.165) is 9.35 Å². The van der Waals surface area contributed by atoms with Gasteiger partial charge in [0.2, 0.25) is 0 Å². The molecule has 2 aromatic rings. The predicted molar refractivity (Wildman–Crippen MR) is 86.2 cm³/mol. The number of anilines is 2. The first-order valence-corrected chi connectivity index (χ1v) is 7.82. The van der Waals surface area contributed by atoms with E-state index in [0.29, 0.717) is 30.1 Å². The molecular formula is C14H15BrN2O2S. The second-order valence-corrected chi connectivity index (χ2v) is 5.89. The number of benzene rings is 1. The molecule has 6 heteroatoms. The van der Waals surface area contributed by atoms with Gasteiger partial charge in [0.25, 0.3) is 0 Å². The quantitative estimate of drug-likeness (QED) is 0.631. The molecule has 0 amide bonds. The SMILES string of the molecule is CCOC(=O)c1cccc(N)c1NCc1sccc1Br. The lowest BCUT2D eigenvalue weighted by Crippen LogP contribution is -2.11. The van der Waals surface area contributed by atoms with E-state index >= 15 is 0 Å². The van der Waals surface area contributed by atoms with Gasteiger partial charge in [-0.2, -0.15) is 0 Å². The van der Waals surface area contributed by atoms with E-state index in [-0.39, 0.29) is 5.97 Å². The van der Waals surface area contributed by atoms with Crippen LogP contribution in [-0.2, 0) is 11.3 Å². The molecule has 0 aliphatic rings. The summed E-state index contributed by atoms with van der Waals surface area (Å²) < 4.78 is 6.09. The van der Waals surface area contributed by atoms with Crippen molar-refractivity contribution in [2.75, 3.05) is 17.7 Å². The van der Waals surface area contributed by atoms with Gasteiger partial charge < -0.3 is 15.8 Å². The number of esters is 1. The number of nitrogens with one attached hydrogen (secondary N) is 1. The van der Waals surface area contributed by atoms with E-state index in [2.05, 4.69) is 21.2 Å². The van der Waals surface area contributed by atoms with Gasteiger partial charge in [-0.25, -0.2) is 4.79 Å². The van der Waals surface area contributed by atoms with Crippen molar-refractivity contribution in [2.24, 2.45) is 0 Å². The van der Waals surface area contributed by atoms with Crippen LogP contribution in [0.5, 0.6) is 0 Å². The number of rotatable bonds is 5. The average Bonchev–Trinajstić information content (AvgIpc) is 2.83. The Hall–Kier alpha value is -1.53. The number of carbonyl (C=O) groups is 1. The third-order valence-corrected chi connectivity index (χ3v) is 4.64. The molecule has 1 heterocycles. The van der Waals surface area contributed by atoms with Crippen LogP contribution in [0.4, 0.5) is 11.4 Å². The molecule has 20 heavy (non-hydrogen) atoms. The zero-order valence-corrected chi connectivity index (χ0v) is 13.4. The molecule has 3 N–H and O–H groups in total. The molecule has 0 radical (unpaired) electrons. The minimum absolute atomic E-state index is 0.337. The monoisotopic (exact) mass is 354 g/mol. The Labute approximate surface area is 130 Å². The number of hydrogen-bond donors (Lipinski definition) is 2. The van der Waals surface area contributed by atoms with E-state index < -0.39 is 0 Å². The maximum Gasteiger partial charge on any atom is 0.340 e. The number of nitrogen functional groups attached to an aromatic ring is 1. The Balaban J connectivity index is 2.22. The maximum atomic E-state index is 11.9. The molecule has 0 aliphatic carbocycles. The molecule has 0 fully saturated rings. The van der Waals surface area contributed by atoms with Crippen molar-refractivity contribution in [2.45, 2.75) is 13.5 Å². The molecule has 0 saturated carbocycles. The lowest BCUT2D eigenvalue weighted by atomic mass is 10.1. The number of thiophene rings is 1. The van der Waals surface area contributed by atoms with E-state index in [1.54, 1.807) is 36.5 Å². The minimum Gasteiger partial charge on any atom is -0.462 e. The van der Waals surface area contributed by atoms with Crippen molar-refractivity contribution in [1.82, 2.24) is 0 Å². The first-order chi connectivity index (χ1) is 9.63. The largest absolute Gasteiger partial charge is 0.462 e. The number of halogens is 1. The van der Waals surface area contributed by atoms with Crippen LogP contribution in [0, 0.1) is 0 Å². The molecule has 106 valence electrons. The van der Waals surface area contributed by atoms with Crippen molar-refractivity contribution < 1.29 is 9.53 Å². The molecular weight excluding hydrogens is 340 g/mol. The molecule has 0 bridgehead atoms. The van der Waals surface area contributed by atoms with Crippen molar-refractivity contribution in [3.63, 3.8) is 0 Å². The molecule has 0 unspecified atom stereocenters. The molecule has 0 atom stereocenters. The summed E-state index contributed by atoms with van der Waals surface area (Å²) in [6.45, 7) is 2.71. The highest BCUT2D eigenvalue weighted by Crippen LogP contribution is 2.28.